The van der Waals surface area contributed by atoms with E-state index in [1.807, 2.05) is 12.1 Å². The second-order valence-corrected chi connectivity index (χ2v) is 5.60. The van der Waals surface area contributed by atoms with Gasteiger partial charge in [0, 0.05) is 18.5 Å². The molecule has 2 aromatic rings. The molecule has 5 heteroatoms. The number of benzene rings is 1. The molecule has 100 valence electrons. The lowest BCUT2D eigenvalue weighted by molar-refractivity contribution is 0.413. The van der Waals surface area contributed by atoms with Gasteiger partial charge < -0.3 is 9.64 Å². The highest BCUT2D eigenvalue weighted by atomic mass is 79.9. The van der Waals surface area contributed by atoms with Crippen LogP contribution in [0.4, 0.5) is 5.82 Å². The van der Waals surface area contributed by atoms with Crippen LogP contribution in [-0.4, -0.2) is 30.2 Å². The van der Waals surface area contributed by atoms with Gasteiger partial charge in [-0.05, 0) is 47.3 Å². The van der Waals surface area contributed by atoms with Crippen molar-refractivity contribution in [3.63, 3.8) is 0 Å². The minimum absolute atomic E-state index is 0.820. The largest absolute Gasteiger partial charge is 0.496 e. The molecule has 0 N–H and O–H groups in total. The van der Waals surface area contributed by atoms with Crippen molar-refractivity contribution < 1.29 is 4.74 Å². The van der Waals surface area contributed by atoms with E-state index in [1.54, 1.807) is 13.4 Å². The van der Waals surface area contributed by atoms with Crippen molar-refractivity contribution in [1.29, 1.82) is 0 Å². The number of halogens is 1. The van der Waals surface area contributed by atoms with Crippen LogP contribution in [0.15, 0.2) is 22.9 Å². The number of piperidine rings is 1. The summed E-state index contributed by atoms with van der Waals surface area (Å²) in [7, 11) is 1.68. The molecule has 0 unspecified atom stereocenters. The van der Waals surface area contributed by atoms with Crippen molar-refractivity contribution in [3.05, 3.63) is 22.9 Å². The lowest BCUT2D eigenvalue weighted by Crippen LogP contribution is -2.30. The Labute approximate surface area is 120 Å². The summed E-state index contributed by atoms with van der Waals surface area (Å²) >= 11 is 3.50. The zero-order valence-corrected chi connectivity index (χ0v) is 12.5. The van der Waals surface area contributed by atoms with Gasteiger partial charge in [0.1, 0.15) is 17.9 Å². The lowest BCUT2D eigenvalue weighted by atomic mass is 10.1. The second kappa shape index (κ2) is 5.33. The van der Waals surface area contributed by atoms with E-state index in [-0.39, 0.29) is 0 Å². The lowest BCUT2D eigenvalue weighted by Gasteiger charge is -2.28. The zero-order valence-electron chi connectivity index (χ0n) is 10.9. The monoisotopic (exact) mass is 321 g/mol. The maximum absolute atomic E-state index is 5.37. The average molecular weight is 322 g/mol. The summed E-state index contributed by atoms with van der Waals surface area (Å²) in [6.07, 6.45) is 5.43. The zero-order chi connectivity index (χ0) is 13.2. The van der Waals surface area contributed by atoms with Crippen LogP contribution in [-0.2, 0) is 0 Å². The van der Waals surface area contributed by atoms with Gasteiger partial charge in [-0.25, -0.2) is 9.97 Å². The number of rotatable bonds is 2. The van der Waals surface area contributed by atoms with E-state index in [1.165, 1.54) is 19.3 Å². The Kier molecular flexibility index (Phi) is 3.55. The van der Waals surface area contributed by atoms with Gasteiger partial charge in [-0.2, -0.15) is 0 Å². The molecule has 1 aromatic heterocycles. The third-order valence-corrected chi connectivity index (χ3v) is 4.16. The molecule has 0 aliphatic carbocycles. The van der Waals surface area contributed by atoms with Crippen LogP contribution >= 0.6 is 15.9 Å². The van der Waals surface area contributed by atoms with E-state index in [2.05, 4.69) is 30.8 Å². The fourth-order valence-corrected chi connectivity index (χ4v) is 3.05. The van der Waals surface area contributed by atoms with Crippen molar-refractivity contribution in [3.8, 4) is 5.75 Å². The van der Waals surface area contributed by atoms with E-state index < -0.39 is 0 Å². The first-order valence-electron chi connectivity index (χ1n) is 6.53. The van der Waals surface area contributed by atoms with Gasteiger partial charge in [-0.1, -0.05) is 0 Å². The molecule has 0 atom stereocenters. The number of methoxy groups -OCH3 is 1. The first kappa shape index (κ1) is 12.7. The van der Waals surface area contributed by atoms with E-state index >= 15 is 0 Å². The fraction of sp³-hybridized carbons (Fsp3) is 0.429. The van der Waals surface area contributed by atoms with E-state index in [0.29, 0.717) is 0 Å². The molecule has 1 aliphatic rings. The van der Waals surface area contributed by atoms with Crippen molar-refractivity contribution >= 4 is 32.7 Å². The van der Waals surface area contributed by atoms with Gasteiger partial charge in [0.05, 0.1) is 17.1 Å². The third kappa shape index (κ3) is 2.39. The number of hydrogen-bond acceptors (Lipinski definition) is 4. The first-order chi connectivity index (χ1) is 9.29. The predicted molar refractivity (Wildman–Crippen MR) is 79.9 cm³/mol. The van der Waals surface area contributed by atoms with E-state index in [9.17, 15) is 0 Å². The third-order valence-electron chi connectivity index (χ3n) is 3.54. The smallest absolute Gasteiger partial charge is 0.140 e. The van der Waals surface area contributed by atoms with Gasteiger partial charge in [0.15, 0.2) is 0 Å². The molecule has 1 saturated heterocycles. The molecule has 1 aliphatic heterocycles. The van der Waals surface area contributed by atoms with Crippen LogP contribution in [0.3, 0.4) is 0 Å². The summed E-state index contributed by atoms with van der Waals surface area (Å²) in [4.78, 5) is 11.2. The summed E-state index contributed by atoms with van der Waals surface area (Å²) < 4.78 is 6.30. The molecule has 0 bridgehead atoms. The number of anilines is 1. The number of nitrogens with zero attached hydrogens (tertiary/aromatic N) is 3. The Morgan fingerprint density at radius 3 is 2.68 bits per heavy atom. The average Bonchev–Trinajstić information content (AvgIpc) is 2.46. The highest BCUT2D eigenvalue weighted by Gasteiger charge is 2.16. The van der Waals surface area contributed by atoms with Crippen molar-refractivity contribution in [2.45, 2.75) is 19.3 Å². The molecule has 0 radical (unpaired) electrons. The van der Waals surface area contributed by atoms with Gasteiger partial charge in [0.2, 0.25) is 0 Å². The summed E-state index contributed by atoms with van der Waals surface area (Å²) in [6.45, 7) is 2.15. The molecule has 1 aromatic carbocycles. The van der Waals surface area contributed by atoms with E-state index in [0.717, 1.165) is 40.0 Å². The highest BCUT2D eigenvalue weighted by Crippen LogP contribution is 2.33. The SMILES string of the molecule is COc1cc2c(N3CCCCC3)ncnc2cc1Br. The van der Waals surface area contributed by atoms with Gasteiger partial charge in [-0.3, -0.25) is 0 Å². The maximum Gasteiger partial charge on any atom is 0.140 e. The molecule has 0 amide bonds. The predicted octanol–water partition coefficient (Wildman–Crippen LogP) is 3.39. The minimum atomic E-state index is 0.820. The van der Waals surface area contributed by atoms with Crippen LogP contribution in [0.5, 0.6) is 5.75 Å². The molecule has 4 nitrogen and oxygen atoms in total. The van der Waals surface area contributed by atoms with Crippen LogP contribution in [0.25, 0.3) is 10.9 Å². The van der Waals surface area contributed by atoms with Crippen LogP contribution < -0.4 is 9.64 Å². The Bertz CT molecular complexity index is 597. The quantitative estimate of drug-likeness (QED) is 0.849. The number of fused-ring (bicyclic) bond motifs is 1. The van der Waals surface area contributed by atoms with Gasteiger partial charge >= 0.3 is 0 Å². The van der Waals surface area contributed by atoms with Crippen LogP contribution in [0.1, 0.15) is 19.3 Å². The molecule has 1 fully saturated rings. The molecule has 19 heavy (non-hydrogen) atoms. The highest BCUT2D eigenvalue weighted by molar-refractivity contribution is 9.10. The van der Waals surface area contributed by atoms with Crippen molar-refractivity contribution in [2.24, 2.45) is 0 Å². The van der Waals surface area contributed by atoms with Gasteiger partial charge in [-0.15, -0.1) is 0 Å². The normalized spacial score (nSPS) is 15.8. The Balaban J connectivity index is 2.13. The number of aromatic nitrogens is 2. The topological polar surface area (TPSA) is 38.2 Å². The Morgan fingerprint density at radius 2 is 1.95 bits per heavy atom. The molecular weight excluding hydrogens is 306 g/mol. The van der Waals surface area contributed by atoms with Crippen molar-refractivity contribution in [1.82, 2.24) is 9.97 Å². The Hall–Kier alpha value is -1.36. The summed E-state index contributed by atoms with van der Waals surface area (Å²) in [5.41, 5.74) is 0.947. The summed E-state index contributed by atoms with van der Waals surface area (Å²) in [5, 5.41) is 1.06. The number of hydrogen-bond donors (Lipinski definition) is 0. The summed E-state index contributed by atoms with van der Waals surface area (Å²) in [6, 6.07) is 4.01. The molecule has 2 heterocycles. The summed E-state index contributed by atoms with van der Waals surface area (Å²) in [5.74, 6) is 1.84. The standard InChI is InChI=1S/C14H16BrN3O/c1-19-13-7-10-12(8-11(13)15)16-9-17-14(10)18-5-3-2-4-6-18/h7-9H,2-6H2,1H3. The second-order valence-electron chi connectivity index (χ2n) is 4.75. The van der Waals surface area contributed by atoms with Crippen LogP contribution in [0.2, 0.25) is 0 Å². The molecule has 0 spiro atoms. The minimum Gasteiger partial charge on any atom is -0.496 e. The van der Waals surface area contributed by atoms with Crippen molar-refractivity contribution in [2.75, 3.05) is 25.1 Å². The van der Waals surface area contributed by atoms with E-state index in [4.69, 9.17) is 4.74 Å². The molecule has 0 saturated carbocycles. The number of ether oxygens (including phenoxy) is 1. The van der Waals surface area contributed by atoms with Gasteiger partial charge in [0.25, 0.3) is 0 Å². The fourth-order valence-electron chi connectivity index (χ4n) is 2.56. The Morgan fingerprint density at radius 1 is 1.16 bits per heavy atom. The van der Waals surface area contributed by atoms with Crippen LogP contribution in [0, 0.1) is 0 Å². The maximum atomic E-state index is 5.37. The first-order valence-corrected chi connectivity index (χ1v) is 7.32. The molecule has 3 rings (SSSR count). The molecular formula is C14H16BrN3O.